The molecule has 1 aliphatic rings. The van der Waals surface area contributed by atoms with Crippen LogP contribution >= 0.6 is 0 Å². The zero-order valence-corrected chi connectivity index (χ0v) is 17.2. The zero-order chi connectivity index (χ0) is 23.6. The van der Waals surface area contributed by atoms with Gasteiger partial charge in [-0.05, 0) is 41.5 Å². The van der Waals surface area contributed by atoms with Gasteiger partial charge in [-0.2, -0.15) is 18.4 Å². The molecular formula is C24H18F4N4O. The lowest BCUT2D eigenvalue weighted by Crippen LogP contribution is -2.48. The van der Waals surface area contributed by atoms with Crippen molar-refractivity contribution in [2.75, 3.05) is 18.4 Å². The zero-order valence-electron chi connectivity index (χ0n) is 17.2. The van der Waals surface area contributed by atoms with Crippen LogP contribution in [-0.4, -0.2) is 35.1 Å². The third kappa shape index (κ3) is 4.65. The Kier molecular flexibility index (Phi) is 6.01. The summed E-state index contributed by atoms with van der Waals surface area (Å²) in [6, 6.07) is 14.6. The molecule has 0 saturated heterocycles. The van der Waals surface area contributed by atoms with E-state index in [2.05, 4.69) is 10.3 Å². The minimum atomic E-state index is -4.60. The van der Waals surface area contributed by atoms with E-state index in [4.69, 9.17) is 5.26 Å². The molecule has 1 N–H and O–H groups in total. The Morgan fingerprint density at radius 3 is 2.61 bits per heavy atom. The second-order valence-electron chi connectivity index (χ2n) is 7.66. The Bertz CT molecular complexity index is 1210. The molecule has 0 fully saturated rings. The van der Waals surface area contributed by atoms with Crippen LogP contribution in [0.1, 0.15) is 39.0 Å². The van der Waals surface area contributed by atoms with Gasteiger partial charge < -0.3 is 10.2 Å². The van der Waals surface area contributed by atoms with E-state index in [0.717, 1.165) is 11.0 Å². The summed E-state index contributed by atoms with van der Waals surface area (Å²) in [5.41, 5.74) is 1.56. The first-order valence-electron chi connectivity index (χ1n) is 10.1. The highest BCUT2D eigenvalue weighted by atomic mass is 19.4. The number of alkyl halides is 3. The van der Waals surface area contributed by atoms with Crippen molar-refractivity contribution in [2.45, 2.75) is 18.1 Å². The van der Waals surface area contributed by atoms with Gasteiger partial charge in [-0.25, -0.2) is 4.39 Å². The van der Waals surface area contributed by atoms with Crippen molar-refractivity contribution in [1.82, 2.24) is 9.88 Å². The molecule has 0 aliphatic carbocycles. The number of nitriles is 1. The number of pyridine rings is 1. The lowest BCUT2D eigenvalue weighted by atomic mass is 9.80. The van der Waals surface area contributed by atoms with Crippen LogP contribution in [0.3, 0.4) is 0 Å². The number of anilines is 1. The van der Waals surface area contributed by atoms with Crippen LogP contribution in [0.4, 0.5) is 23.2 Å². The van der Waals surface area contributed by atoms with Crippen LogP contribution in [-0.2, 0) is 0 Å². The van der Waals surface area contributed by atoms with Gasteiger partial charge in [0.05, 0.1) is 11.6 Å². The Balaban J connectivity index is 1.78. The van der Waals surface area contributed by atoms with Crippen LogP contribution in [0.2, 0.25) is 0 Å². The maximum Gasteiger partial charge on any atom is 0.406 e. The highest BCUT2D eigenvalue weighted by Crippen LogP contribution is 2.43. The van der Waals surface area contributed by atoms with Crippen molar-refractivity contribution in [3.63, 3.8) is 0 Å². The van der Waals surface area contributed by atoms with Crippen LogP contribution in [0, 0.1) is 17.1 Å². The van der Waals surface area contributed by atoms with E-state index in [1.165, 1.54) is 30.6 Å². The molecule has 1 aromatic heterocycles. The molecule has 3 aromatic rings. The summed E-state index contributed by atoms with van der Waals surface area (Å²) < 4.78 is 54.1. The number of halogens is 4. The van der Waals surface area contributed by atoms with Gasteiger partial charge in [0.1, 0.15) is 18.4 Å². The quantitative estimate of drug-likeness (QED) is 0.548. The molecule has 2 aromatic carbocycles. The van der Waals surface area contributed by atoms with E-state index in [-0.39, 0.29) is 17.7 Å². The first-order valence-corrected chi connectivity index (χ1v) is 10.1. The van der Waals surface area contributed by atoms with Gasteiger partial charge in [0, 0.05) is 36.1 Å². The fraction of sp³-hybridized carbons (Fsp3) is 0.208. The minimum Gasteiger partial charge on any atom is -0.384 e. The number of hydrogen-bond donors (Lipinski definition) is 1. The standard InChI is InChI=1S/C24H18F4N4O/c25-21-8-7-17(10-16(21)11-29)31-13-20-18-5-1-2-6-19(18)23(33)32(14-24(26,27)28)22(20)15-4-3-9-30-12-15/h1-10,12,20,22,31H,13-14H2/t20-,22+/m0/s1. The Morgan fingerprint density at radius 2 is 1.91 bits per heavy atom. The van der Waals surface area contributed by atoms with Crippen molar-refractivity contribution in [2.24, 2.45) is 0 Å². The monoisotopic (exact) mass is 454 g/mol. The maximum atomic E-state index is 13.7. The van der Waals surface area contributed by atoms with Gasteiger partial charge in [0.25, 0.3) is 5.91 Å². The summed E-state index contributed by atoms with van der Waals surface area (Å²) >= 11 is 0. The van der Waals surface area contributed by atoms with Crippen LogP contribution < -0.4 is 5.32 Å². The number of hydrogen-bond acceptors (Lipinski definition) is 4. The molecule has 0 saturated carbocycles. The minimum absolute atomic E-state index is 0.134. The van der Waals surface area contributed by atoms with Gasteiger partial charge in [-0.3, -0.25) is 9.78 Å². The Hall–Kier alpha value is -3.93. The highest BCUT2D eigenvalue weighted by Gasteiger charge is 2.45. The summed E-state index contributed by atoms with van der Waals surface area (Å²) in [7, 11) is 0. The smallest absolute Gasteiger partial charge is 0.384 e. The average Bonchev–Trinajstić information content (AvgIpc) is 2.80. The van der Waals surface area contributed by atoms with Crippen molar-refractivity contribution in [3.8, 4) is 6.07 Å². The third-order valence-corrected chi connectivity index (χ3v) is 5.56. The molecule has 0 radical (unpaired) electrons. The molecule has 33 heavy (non-hydrogen) atoms. The molecule has 9 heteroatoms. The summed E-state index contributed by atoms with van der Waals surface area (Å²) in [4.78, 5) is 18.0. The number of benzene rings is 2. The molecule has 1 aliphatic heterocycles. The lowest BCUT2D eigenvalue weighted by Gasteiger charge is -2.42. The van der Waals surface area contributed by atoms with Crippen molar-refractivity contribution >= 4 is 11.6 Å². The molecule has 4 rings (SSSR count). The first kappa shape index (κ1) is 22.3. The SMILES string of the molecule is N#Cc1cc(NC[C@H]2c3ccccc3C(=O)N(CC(F)(F)F)[C@@H]2c2cccnc2)ccc1F. The van der Waals surface area contributed by atoms with Gasteiger partial charge in [-0.15, -0.1) is 0 Å². The molecule has 0 spiro atoms. The second-order valence-corrected chi connectivity index (χ2v) is 7.66. The molecule has 168 valence electrons. The lowest BCUT2D eigenvalue weighted by molar-refractivity contribution is -0.146. The number of fused-ring (bicyclic) bond motifs is 1. The van der Waals surface area contributed by atoms with Gasteiger partial charge in [0.2, 0.25) is 0 Å². The van der Waals surface area contributed by atoms with E-state index >= 15 is 0 Å². The molecular weight excluding hydrogens is 436 g/mol. The number of nitrogens with one attached hydrogen (secondary N) is 1. The number of nitrogens with zero attached hydrogens (tertiary/aromatic N) is 3. The van der Waals surface area contributed by atoms with Gasteiger partial charge in [-0.1, -0.05) is 24.3 Å². The van der Waals surface area contributed by atoms with E-state index < -0.39 is 36.4 Å². The predicted molar refractivity (Wildman–Crippen MR) is 113 cm³/mol. The Morgan fingerprint density at radius 1 is 1.12 bits per heavy atom. The number of aromatic nitrogens is 1. The van der Waals surface area contributed by atoms with Crippen LogP contribution in [0.5, 0.6) is 0 Å². The van der Waals surface area contributed by atoms with E-state index in [9.17, 15) is 22.4 Å². The summed E-state index contributed by atoms with van der Waals surface area (Å²) in [6.07, 6.45) is -1.64. The Labute approximate surface area is 187 Å². The molecule has 0 unspecified atom stereocenters. The van der Waals surface area contributed by atoms with Crippen LogP contribution in [0.15, 0.2) is 67.0 Å². The molecule has 2 atom stereocenters. The number of amides is 1. The molecule has 2 heterocycles. The maximum absolute atomic E-state index is 13.7. The third-order valence-electron chi connectivity index (χ3n) is 5.56. The highest BCUT2D eigenvalue weighted by molar-refractivity contribution is 5.97. The van der Waals surface area contributed by atoms with Crippen molar-refractivity contribution < 1.29 is 22.4 Å². The van der Waals surface area contributed by atoms with E-state index in [1.807, 2.05) is 0 Å². The van der Waals surface area contributed by atoms with Crippen molar-refractivity contribution in [1.29, 1.82) is 5.26 Å². The van der Waals surface area contributed by atoms with Crippen molar-refractivity contribution in [3.05, 3.63) is 95.1 Å². The number of carbonyl (C=O) groups excluding carboxylic acids is 1. The normalized spacial score (nSPS) is 17.9. The van der Waals surface area contributed by atoms with Crippen LogP contribution in [0.25, 0.3) is 0 Å². The number of rotatable bonds is 5. The summed E-state index contributed by atoms with van der Waals surface area (Å²) in [5, 5.41) is 12.2. The fourth-order valence-electron chi connectivity index (χ4n) is 4.18. The first-order chi connectivity index (χ1) is 15.8. The molecule has 5 nitrogen and oxygen atoms in total. The second kappa shape index (κ2) is 8.90. The topological polar surface area (TPSA) is 69.0 Å². The molecule has 0 bridgehead atoms. The fourth-order valence-corrected chi connectivity index (χ4v) is 4.18. The number of carbonyl (C=O) groups is 1. The summed E-state index contributed by atoms with van der Waals surface area (Å²) in [5.74, 6) is -1.94. The van der Waals surface area contributed by atoms with E-state index in [0.29, 0.717) is 16.8 Å². The van der Waals surface area contributed by atoms with Gasteiger partial charge >= 0.3 is 6.18 Å². The summed E-state index contributed by atoms with van der Waals surface area (Å²) in [6.45, 7) is -1.28. The van der Waals surface area contributed by atoms with Gasteiger partial charge in [0.15, 0.2) is 0 Å². The predicted octanol–water partition coefficient (Wildman–Crippen LogP) is 5.05. The van der Waals surface area contributed by atoms with E-state index in [1.54, 1.807) is 36.4 Å². The molecule has 1 amide bonds. The average molecular weight is 454 g/mol. The largest absolute Gasteiger partial charge is 0.406 e.